The van der Waals surface area contributed by atoms with E-state index in [0.717, 1.165) is 13.0 Å². The first-order chi connectivity index (χ1) is 14.2. The van der Waals surface area contributed by atoms with E-state index in [1.807, 2.05) is 0 Å². The standard InChI is InChI=1S/C17H17F6N3O5/c1-7-11(14(28)26-12-9(18)4-3-5-10(12)30-7)25-13(27)8(2)31-15(29)24-6-16(19,20)17(21,22)23/h3-5,7-8,11H,6H2,1-2H3,(H,24,29)(H,25,27)(H,26,28)/t7-,8+,11+/m1/s1. The number of anilines is 1. The minimum absolute atomic E-state index is 0.00636. The van der Waals surface area contributed by atoms with Gasteiger partial charge in [0.15, 0.2) is 11.9 Å². The van der Waals surface area contributed by atoms with Crippen LogP contribution >= 0.6 is 0 Å². The largest absolute Gasteiger partial charge is 0.486 e. The Morgan fingerprint density at radius 3 is 2.52 bits per heavy atom. The molecule has 14 heteroatoms. The van der Waals surface area contributed by atoms with Gasteiger partial charge in [-0.05, 0) is 26.0 Å². The van der Waals surface area contributed by atoms with E-state index in [2.05, 4.69) is 15.4 Å². The Morgan fingerprint density at radius 2 is 1.90 bits per heavy atom. The van der Waals surface area contributed by atoms with Crippen LogP contribution in [0.2, 0.25) is 0 Å². The van der Waals surface area contributed by atoms with Crippen molar-refractivity contribution < 1.29 is 50.2 Å². The molecule has 0 radical (unpaired) electrons. The first-order valence-corrected chi connectivity index (χ1v) is 8.68. The molecule has 0 fully saturated rings. The van der Waals surface area contributed by atoms with Gasteiger partial charge in [0.25, 0.3) is 11.8 Å². The van der Waals surface area contributed by atoms with Gasteiger partial charge in [-0.2, -0.15) is 22.0 Å². The summed E-state index contributed by atoms with van der Waals surface area (Å²) in [7, 11) is 0. The van der Waals surface area contributed by atoms with E-state index in [1.54, 1.807) is 0 Å². The lowest BCUT2D eigenvalue weighted by Gasteiger charge is -2.23. The van der Waals surface area contributed by atoms with E-state index in [4.69, 9.17) is 4.74 Å². The number of benzene rings is 1. The summed E-state index contributed by atoms with van der Waals surface area (Å²) >= 11 is 0. The van der Waals surface area contributed by atoms with Crippen LogP contribution in [0, 0.1) is 5.82 Å². The fourth-order valence-corrected chi connectivity index (χ4v) is 2.40. The molecule has 0 bridgehead atoms. The molecule has 1 heterocycles. The summed E-state index contributed by atoms with van der Waals surface area (Å²) < 4.78 is 85.6. The maximum Gasteiger partial charge on any atom is 0.455 e. The van der Waals surface area contributed by atoms with Crippen molar-refractivity contribution in [2.45, 2.75) is 44.2 Å². The highest BCUT2D eigenvalue weighted by atomic mass is 19.4. The number of hydrogen-bond acceptors (Lipinski definition) is 5. The first-order valence-electron chi connectivity index (χ1n) is 8.68. The molecule has 8 nitrogen and oxygen atoms in total. The molecule has 1 aromatic carbocycles. The lowest BCUT2D eigenvalue weighted by Crippen LogP contribution is -2.54. The van der Waals surface area contributed by atoms with Crippen LogP contribution < -0.4 is 20.7 Å². The van der Waals surface area contributed by atoms with Crippen molar-refractivity contribution in [2.75, 3.05) is 11.9 Å². The first kappa shape index (κ1) is 24.1. The summed E-state index contributed by atoms with van der Waals surface area (Å²) in [6.45, 7) is 0.288. The molecule has 0 saturated heterocycles. The zero-order valence-electron chi connectivity index (χ0n) is 16.0. The molecule has 1 aliphatic rings. The van der Waals surface area contributed by atoms with E-state index in [-0.39, 0.29) is 11.4 Å². The second-order valence-electron chi connectivity index (χ2n) is 6.51. The van der Waals surface area contributed by atoms with Gasteiger partial charge in [-0.1, -0.05) is 6.07 Å². The van der Waals surface area contributed by atoms with E-state index >= 15 is 0 Å². The molecular formula is C17H17F6N3O5. The summed E-state index contributed by atoms with van der Waals surface area (Å²) in [6, 6.07) is 2.42. The summed E-state index contributed by atoms with van der Waals surface area (Å²) in [5.41, 5.74) is -0.245. The molecule has 0 aliphatic carbocycles. The van der Waals surface area contributed by atoms with Gasteiger partial charge in [0.1, 0.15) is 23.6 Å². The number of nitrogens with one attached hydrogen (secondary N) is 3. The molecule has 0 spiro atoms. The number of amides is 3. The molecule has 1 aliphatic heterocycles. The minimum atomic E-state index is -5.89. The van der Waals surface area contributed by atoms with Gasteiger partial charge in [0.05, 0.1) is 6.54 Å². The highest BCUT2D eigenvalue weighted by molar-refractivity contribution is 6.00. The second-order valence-corrected chi connectivity index (χ2v) is 6.51. The number of ether oxygens (including phenoxy) is 2. The molecule has 0 saturated carbocycles. The lowest BCUT2D eigenvalue weighted by atomic mass is 10.1. The Bertz CT molecular complexity index is 863. The number of carbonyl (C=O) groups is 3. The van der Waals surface area contributed by atoms with Gasteiger partial charge >= 0.3 is 18.2 Å². The topological polar surface area (TPSA) is 106 Å². The molecular weight excluding hydrogens is 440 g/mol. The third kappa shape index (κ3) is 5.70. The molecule has 2 rings (SSSR count). The molecule has 3 amide bonds. The van der Waals surface area contributed by atoms with Crippen LogP contribution in [0.5, 0.6) is 5.75 Å². The molecule has 3 N–H and O–H groups in total. The van der Waals surface area contributed by atoms with Gasteiger partial charge in [-0.15, -0.1) is 0 Å². The molecule has 0 aromatic heterocycles. The average Bonchev–Trinajstić information content (AvgIpc) is 2.77. The Kier molecular flexibility index (Phi) is 6.91. The normalized spacial score (nSPS) is 19.8. The highest BCUT2D eigenvalue weighted by Gasteiger charge is 2.57. The number of rotatable bonds is 5. The number of halogens is 6. The van der Waals surface area contributed by atoms with Crippen molar-refractivity contribution in [2.24, 2.45) is 0 Å². The molecule has 3 atom stereocenters. The number of alkyl halides is 5. The molecule has 1 aromatic rings. The Labute approximate surface area is 171 Å². The van der Waals surface area contributed by atoms with Crippen LogP contribution in [0.25, 0.3) is 0 Å². The third-order valence-electron chi connectivity index (χ3n) is 4.11. The van der Waals surface area contributed by atoms with Crippen LogP contribution in [0.1, 0.15) is 13.8 Å². The van der Waals surface area contributed by atoms with Crippen LogP contribution in [0.3, 0.4) is 0 Å². The van der Waals surface area contributed by atoms with Crippen molar-refractivity contribution in [3.8, 4) is 5.75 Å². The lowest BCUT2D eigenvalue weighted by molar-refractivity contribution is -0.278. The highest BCUT2D eigenvalue weighted by Crippen LogP contribution is 2.34. The SMILES string of the molecule is C[C@H](OC(=O)NCC(F)(F)C(F)(F)F)C(=O)N[C@@H]1C(=O)Nc2c(F)cccc2O[C@@H]1C. The van der Waals surface area contributed by atoms with Crippen LogP contribution in [0.15, 0.2) is 18.2 Å². The summed E-state index contributed by atoms with van der Waals surface area (Å²) in [4.78, 5) is 36.0. The summed E-state index contributed by atoms with van der Waals surface area (Å²) in [6.07, 6.45) is -10.3. The van der Waals surface area contributed by atoms with Gasteiger partial charge < -0.3 is 25.4 Å². The second kappa shape index (κ2) is 8.89. The van der Waals surface area contributed by atoms with Crippen LogP contribution in [0.4, 0.5) is 36.8 Å². The number of carbonyl (C=O) groups excluding carboxylic acids is 3. The van der Waals surface area contributed by atoms with Gasteiger partial charge in [-0.3, -0.25) is 9.59 Å². The van der Waals surface area contributed by atoms with Crippen molar-refractivity contribution in [1.82, 2.24) is 10.6 Å². The maximum atomic E-state index is 13.9. The predicted octanol–water partition coefficient (Wildman–Crippen LogP) is 2.34. The van der Waals surface area contributed by atoms with Crippen molar-refractivity contribution >= 4 is 23.6 Å². The quantitative estimate of drug-likeness (QED) is 0.589. The van der Waals surface area contributed by atoms with Gasteiger partial charge in [0, 0.05) is 0 Å². The number of hydrogen-bond donors (Lipinski definition) is 3. The van der Waals surface area contributed by atoms with E-state index in [9.17, 15) is 40.7 Å². The van der Waals surface area contributed by atoms with Crippen molar-refractivity contribution in [3.63, 3.8) is 0 Å². The van der Waals surface area contributed by atoms with E-state index in [0.29, 0.717) is 0 Å². The Hall–Kier alpha value is -3.19. The summed E-state index contributed by atoms with van der Waals surface area (Å²) in [5.74, 6) is -7.92. The zero-order chi connectivity index (χ0) is 23.6. The minimum Gasteiger partial charge on any atom is -0.486 e. The summed E-state index contributed by atoms with van der Waals surface area (Å²) in [5, 5.41) is 5.63. The Balaban J connectivity index is 1.96. The predicted molar refractivity (Wildman–Crippen MR) is 92.0 cm³/mol. The molecule has 0 unspecified atom stereocenters. The average molecular weight is 457 g/mol. The van der Waals surface area contributed by atoms with Gasteiger partial charge in [-0.25, -0.2) is 9.18 Å². The smallest absolute Gasteiger partial charge is 0.455 e. The van der Waals surface area contributed by atoms with Crippen molar-refractivity contribution in [3.05, 3.63) is 24.0 Å². The zero-order valence-corrected chi connectivity index (χ0v) is 16.0. The number of alkyl carbamates (subject to hydrolysis) is 1. The van der Waals surface area contributed by atoms with E-state index in [1.165, 1.54) is 24.4 Å². The number of para-hydroxylation sites is 1. The fourth-order valence-electron chi connectivity index (χ4n) is 2.40. The monoisotopic (exact) mass is 457 g/mol. The fraction of sp³-hybridized carbons (Fsp3) is 0.471. The van der Waals surface area contributed by atoms with Crippen LogP contribution in [-0.2, 0) is 14.3 Å². The van der Waals surface area contributed by atoms with E-state index < -0.39 is 60.6 Å². The van der Waals surface area contributed by atoms with Crippen LogP contribution in [-0.4, -0.2) is 54.8 Å². The molecule has 172 valence electrons. The maximum absolute atomic E-state index is 13.9. The van der Waals surface area contributed by atoms with Gasteiger partial charge in [0.2, 0.25) is 0 Å². The molecule has 31 heavy (non-hydrogen) atoms. The Morgan fingerprint density at radius 1 is 1.26 bits per heavy atom. The third-order valence-corrected chi connectivity index (χ3v) is 4.11. The number of fused-ring (bicyclic) bond motifs is 1. The van der Waals surface area contributed by atoms with Crippen molar-refractivity contribution in [1.29, 1.82) is 0 Å².